The molecule has 4 rings (SSSR count). The number of halogens is 2. The lowest BCUT2D eigenvalue weighted by Gasteiger charge is -2.62. The van der Waals surface area contributed by atoms with E-state index in [0.717, 1.165) is 6.08 Å². The van der Waals surface area contributed by atoms with Gasteiger partial charge in [-0.2, -0.15) is 0 Å². The number of carbonyl (C=O) groups is 6. The van der Waals surface area contributed by atoms with Crippen molar-refractivity contribution in [2.45, 2.75) is 109 Å². The van der Waals surface area contributed by atoms with Gasteiger partial charge in [-0.1, -0.05) is 26.3 Å². The molecule has 0 aliphatic heterocycles. The Morgan fingerprint density at radius 1 is 0.947 bits per heavy atom. The normalized spacial score (nSPS) is 31.4. The molecule has 0 spiro atoms. The smallest absolute Gasteiger partial charge is 0.345 e. The van der Waals surface area contributed by atoms with Gasteiger partial charge in [-0.15, -0.1) is 20.2 Å². The molecule has 3 N–H and O–H groups in total. The zero-order chi connectivity index (χ0) is 42.9. The molecule has 3 fully saturated rings. The molecule has 0 aromatic carbocycles. The van der Waals surface area contributed by atoms with Gasteiger partial charge in [-0.05, 0) is 80.4 Å². The van der Waals surface area contributed by atoms with Crippen LogP contribution in [-0.2, 0) is 47.9 Å². The number of unbranched alkanes of at least 4 members (excludes halogenated alkanes) is 2. The third-order valence-corrected chi connectivity index (χ3v) is 11.5. The Kier molecular flexibility index (Phi) is 15.7. The molecule has 0 radical (unpaired) electrons. The minimum atomic E-state index is -2.29. The lowest BCUT2D eigenvalue weighted by molar-refractivity contribution is -0.757. The van der Waals surface area contributed by atoms with Crippen molar-refractivity contribution in [1.82, 2.24) is 0 Å². The molecule has 7 unspecified atom stereocenters. The van der Waals surface area contributed by atoms with E-state index in [-0.39, 0.29) is 69.7 Å². The molecule has 57 heavy (non-hydrogen) atoms. The number of carbonyl (C=O) groups excluding carboxylic acids is 4. The van der Waals surface area contributed by atoms with Crippen LogP contribution in [0.3, 0.4) is 0 Å². The number of nitrogens with zero attached hydrogens (tertiary/aromatic N) is 2. The number of Topliss-reactive ketones (excluding diaryl/α,β-unsaturated/α-hetero) is 1. The molecule has 0 saturated heterocycles. The summed E-state index contributed by atoms with van der Waals surface area (Å²) in [5, 5.41) is 46.6. The van der Waals surface area contributed by atoms with Crippen molar-refractivity contribution >= 4 is 35.4 Å². The molecule has 3 saturated carbocycles. The van der Waals surface area contributed by atoms with E-state index in [1.165, 1.54) is 19.1 Å². The van der Waals surface area contributed by atoms with Crippen molar-refractivity contribution in [2.24, 2.45) is 34.5 Å². The highest BCUT2D eigenvalue weighted by Crippen LogP contribution is 2.70. The van der Waals surface area contributed by atoms with Gasteiger partial charge in [0, 0.05) is 30.1 Å². The second-order valence-electron chi connectivity index (χ2n) is 15.2. The number of rotatable bonds is 19. The Morgan fingerprint density at radius 3 is 2.18 bits per heavy atom. The third-order valence-electron chi connectivity index (χ3n) is 11.5. The number of ketones is 2. The van der Waals surface area contributed by atoms with Gasteiger partial charge in [0.15, 0.2) is 17.2 Å². The van der Waals surface area contributed by atoms with Crippen LogP contribution in [0, 0.1) is 54.7 Å². The molecule has 0 aromatic rings. The summed E-state index contributed by atoms with van der Waals surface area (Å²) in [5.41, 5.74) is -4.81. The minimum absolute atomic E-state index is 0.00244. The van der Waals surface area contributed by atoms with Crippen LogP contribution in [-0.4, -0.2) is 105 Å². The first-order valence-corrected chi connectivity index (χ1v) is 18.4. The third kappa shape index (κ3) is 10.9. The lowest BCUT2D eigenvalue weighted by Crippen LogP contribution is -2.68. The van der Waals surface area contributed by atoms with Crippen LogP contribution < -0.4 is 0 Å². The molecule has 0 aromatic heterocycles. The quantitative estimate of drug-likeness (QED) is 0.0727. The Hall–Kier alpha value is -5.08. The summed E-state index contributed by atoms with van der Waals surface area (Å²) >= 11 is 0. The number of fused-ring (bicyclic) bond motifs is 5. The Morgan fingerprint density at radius 2 is 1.58 bits per heavy atom. The molecule has 0 amide bonds. The maximum absolute atomic E-state index is 17.3. The Labute approximate surface area is 324 Å². The number of carboxylic acids is 2. The summed E-state index contributed by atoms with van der Waals surface area (Å²) in [6, 6.07) is 0. The van der Waals surface area contributed by atoms with Gasteiger partial charge in [0.1, 0.15) is 12.8 Å². The predicted molar refractivity (Wildman–Crippen MR) is 186 cm³/mol. The SMILES string of the molecule is C[C@@H]1CC2C3C[C@H](F)C4=CC(=O)C=CC4(C)[C@@]3(F)C(O)CC2(C)C1C(=O)COC(=O)CC(OC(=O)CCCCCO[N+](=O)[O-])C(=O)O.O=C(O)CCCO[N+](=O)[O-]. The number of alkyl halides is 2. The van der Waals surface area contributed by atoms with Gasteiger partial charge in [-0.25, -0.2) is 13.6 Å². The molecule has 0 heterocycles. The molecule has 0 bridgehead atoms. The average Bonchev–Trinajstić information content (AvgIpc) is 3.38. The lowest BCUT2D eigenvalue weighted by atomic mass is 9.45. The van der Waals surface area contributed by atoms with Crippen molar-refractivity contribution in [3.05, 3.63) is 44.0 Å². The van der Waals surface area contributed by atoms with Crippen molar-refractivity contribution in [3.8, 4) is 0 Å². The molecule has 19 nitrogen and oxygen atoms in total. The average molecular weight is 819 g/mol. The number of carboxylic acid groups (broad SMARTS) is 2. The predicted octanol–water partition coefficient (Wildman–Crippen LogP) is 3.49. The number of aliphatic hydroxyl groups is 1. The fourth-order valence-corrected chi connectivity index (χ4v) is 9.16. The first-order valence-electron chi connectivity index (χ1n) is 18.4. The summed E-state index contributed by atoms with van der Waals surface area (Å²) in [7, 11) is 0. The highest BCUT2D eigenvalue weighted by atomic mass is 19.1. The summed E-state index contributed by atoms with van der Waals surface area (Å²) in [5.74, 6) is -8.14. The number of aliphatic carboxylic acids is 2. The number of esters is 2. The van der Waals surface area contributed by atoms with Crippen LogP contribution in [0.25, 0.3) is 0 Å². The van der Waals surface area contributed by atoms with E-state index in [1.54, 1.807) is 13.8 Å². The summed E-state index contributed by atoms with van der Waals surface area (Å²) in [4.78, 5) is 99.3. The van der Waals surface area contributed by atoms with Crippen LogP contribution >= 0.6 is 0 Å². The summed E-state index contributed by atoms with van der Waals surface area (Å²) in [6.07, 6.45) is -1.56. The maximum Gasteiger partial charge on any atom is 0.345 e. The largest absolute Gasteiger partial charge is 0.481 e. The second-order valence-corrected chi connectivity index (χ2v) is 15.2. The zero-order valence-electron chi connectivity index (χ0n) is 31.7. The number of aliphatic hydroxyl groups excluding tert-OH is 1. The van der Waals surface area contributed by atoms with E-state index < -0.39 is 111 Å². The van der Waals surface area contributed by atoms with Crippen molar-refractivity contribution in [3.63, 3.8) is 0 Å². The second kappa shape index (κ2) is 19.4. The van der Waals surface area contributed by atoms with E-state index in [2.05, 4.69) is 9.68 Å². The highest BCUT2D eigenvalue weighted by Gasteiger charge is 2.73. The summed E-state index contributed by atoms with van der Waals surface area (Å²) in [6.45, 7) is 4.00. The number of allylic oxidation sites excluding steroid dienone is 4. The van der Waals surface area contributed by atoms with Crippen LogP contribution in [0.4, 0.5) is 8.78 Å². The molecule has 21 heteroatoms. The number of ether oxygens (including phenoxy) is 2. The van der Waals surface area contributed by atoms with E-state index in [1.807, 2.05) is 0 Å². The van der Waals surface area contributed by atoms with Gasteiger partial charge in [0.05, 0.1) is 25.7 Å². The maximum atomic E-state index is 17.3. The standard InChI is InChI=1S/C32H41F2NO12.C4H7NO5/c1-17-11-19-20-13-22(33)21-12-18(36)8-9-31(21,3)32(20,34)25(38)15-30(19,2)28(17)23(37)16-45-27(40)14-24(29(41)42)47-26(39)7-5-4-6-10-46-35(43)44;6-4(7)2-1-3-10-5(8)9/h8-9,12,17,19-20,22,24-25,28,38H,4-7,10-11,13-16H2,1-3H3,(H,41,42);1-3H2,(H,6,7)/t17-,19?,20?,22+,24?,25?,28?,30?,31?,32+;/m1./s1. The van der Waals surface area contributed by atoms with Crippen molar-refractivity contribution in [1.29, 1.82) is 0 Å². The van der Waals surface area contributed by atoms with Gasteiger partial charge in [0.2, 0.25) is 6.10 Å². The first kappa shape index (κ1) is 46.3. The molecular weight excluding hydrogens is 770 g/mol. The molecular formula is C36H48F2N2O17. The van der Waals surface area contributed by atoms with Crippen molar-refractivity contribution < 1.29 is 82.2 Å². The van der Waals surface area contributed by atoms with Crippen LogP contribution in [0.15, 0.2) is 23.8 Å². The monoisotopic (exact) mass is 818 g/mol. The van der Waals surface area contributed by atoms with E-state index in [9.17, 15) is 59.2 Å². The van der Waals surface area contributed by atoms with Crippen LogP contribution in [0.5, 0.6) is 0 Å². The van der Waals surface area contributed by atoms with E-state index in [4.69, 9.17) is 14.6 Å². The van der Waals surface area contributed by atoms with Crippen LogP contribution in [0.2, 0.25) is 0 Å². The first-order chi connectivity index (χ1) is 26.6. The molecule has 4 aliphatic rings. The Bertz CT molecular complexity index is 1620. The van der Waals surface area contributed by atoms with Gasteiger partial charge >= 0.3 is 23.9 Å². The topological polar surface area (TPSA) is 286 Å². The van der Waals surface area contributed by atoms with Gasteiger partial charge < -0.3 is 34.5 Å². The number of hydrogen-bond acceptors (Lipinski definition) is 15. The van der Waals surface area contributed by atoms with Crippen LogP contribution in [0.1, 0.15) is 85.0 Å². The zero-order valence-corrected chi connectivity index (χ0v) is 31.7. The summed E-state index contributed by atoms with van der Waals surface area (Å²) < 4.78 is 42.9. The number of hydrogen-bond donors (Lipinski definition) is 3. The van der Waals surface area contributed by atoms with Crippen molar-refractivity contribution in [2.75, 3.05) is 19.8 Å². The van der Waals surface area contributed by atoms with Gasteiger partial charge in [-0.3, -0.25) is 24.0 Å². The fourth-order valence-electron chi connectivity index (χ4n) is 9.16. The van der Waals surface area contributed by atoms with E-state index >= 15 is 8.78 Å². The minimum Gasteiger partial charge on any atom is -0.481 e. The molecule has 4 aliphatic carbocycles. The fraction of sp³-hybridized carbons (Fsp3) is 0.722. The molecule has 10 atom stereocenters. The van der Waals surface area contributed by atoms with E-state index in [0.29, 0.717) is 12.8 Å². The molecule has 318 valence electrons. The van der Waals surface area contributed by atoms with Gasteiger partial charge in [0.25, 0.3) is 10.2 Å². The highest BCUT2D eigenvalue weighted by molar-refractivity contribution is 6.01. The Balaban J connectivity index is 0.000000766.